The number of aromatic nitrogens is 4. The van der Waals surface area contributed by atoms with Gasteiger partial charge in [-0.15, -0.1) is 10.2 Å². The molecule has 1 aliphatic rings. The maximum atomic E-state index is 9.58. The van der Waals surface area contributed by atoms with E-state index in [2.05, 4.69) is 27.5 Å². The smallest absolute Gasteiger partial charge is 0.175 e. The molecule has 2 aromatic rings. The molecule has 0 spiro atoms. The van der Waals surface area contributed by atoms with E-state index in [1.54, 1.807) is 4.68 Å². The summed E-state index contributed by atoms with van der Waals surface area (Å²) in [7, 11) is 0. The average molecular weight is 287 g/mol. The molecule has 0 unspecified atom stereocenters. The lowest BCUT2D eigenvalue weighted by Gasteiger charge is -2.30. The summed E-state index contributed by atoms with van der Waals surface area (Å²) in [6.45, 7) is 4.25. The number of nitrogens with one attached hydrogen (secondary N) is 1. The Morgan fingerprint density at radius 1 is 1.38 bits per heavy atom. The van der Waals surface area contributed by atoms with E-state index < -0.39 is 0 Å². The number of hydrogen-bond acceptors (Lipinski definition) is 5. The molecule has 21 heavy (non-hydrogen) atoms. The summed E-state index contributed by atoms with van der Waals surface area (Å²) in [6.07, 6.45) is 5.09. The monoisotopic (exact) mass is 287 g/mol. The zero-order chi connectivity index (χ0) is 14.9. The molecule has 0 saturated heterocycles. The van der Waals surface area contributed by atoms with E-state index in [-0.39, 0.29) is 18.1 Å². The third-order valence-corrected chi connectivity index (χ3v) is 4.37. The van der Waals surface area contributed by atoms with Crippen LogP contribution in [0, 0.1) is 12.3 Å². The number of rotatable bonds is 4. The van der Waals surface area contributed by atoms with Crippen molar-refractivity contribution in [3.05, 3.63) is 30.1 Å². The van der Waals surface area contributed by atoms with Gasteiger partial charge in [-0.1, -0.05) is 13.3 Å². The number of hydrogen-bond donors (Lipinski definition) is 2. The summed E-state index contributed by atoms with van der Waals surface area (Å²) in [4.78, 5) is 0. The van der Waals surface area contributed by atoms with E-state index in [9.17, 15) is 5.11 Å². The molecule has 0 radical (unpaired) electrons. The molecule has 0 aromatic carbocycles. The second-order valence-corrected chi connectivity index (χ2v) is 6.08. The van der Waals surface area contributed by atoms with Gasteiger partial charge in [0, 0.05) is 17.7 Å². The van der Waals surface area contributed by atoms with Crippen LogP contribution in [-0.4, -0.2) is 37.7 Å². The van der Waals surface area contributed by atoms with Crippen molar-refractivity contribution >= 4 is 5.82 Å². The quantitative estimate of drug-likeness (QED) is 0.898. The normalized spacial score (nSPS) is 25.2. The minimum atomic E-state index is -0.0700. The van der Waals surface area contributed by atoms with Crippen molar-refractivity contribution in [1.29, 1.82) is 0 Å². The van der Waals surface area contributed by atoms with Gasteiger partial charge in [0.05, 0.1) is 12.3 Å². The van der Waals surface area contributed by atoms with Crippen LogP contribution in [0.25, 0.3) is 5.82 Å². The maximum absolute atomic E-state index is 9.58. The van der Waals surface area contributed by atoms with Gasteiger partial charge in [-0.25, -0.2) is 4.68 Å². The Hall–Kier alpha value is -1.95. The predicted octanol–water partition coefficient (Wildman–Crippen LogP) is 1.93. The van der Waals surface area contributed by atoms with E-state index in [0.29, 0.717) is 5.82 Å². The standard InChI is InChI=1S/C15H21N5O/c1-11-7-9-20(19-11)14-6-5-13(17-18-14)16-12-4-3-8-15(12,2)10-21/h5-7,9,12,21H,3-4,8,10H2,1-2H3,(H,16,17)/t12-,15-/m0/s1. The summed E-state index contributed by atoms with van der Waals surface area (Å²) >= 11 is 0. The van der Waals surface area contributed by atoms with Crippen LogP contribution in [0.4, 0.5) is 5.82 Å². The summed E-state index contributed by atoms with van der Waals surface area (Å²) in [5, 5.41) is 25.7. The topological polar surface area (TPSA) is 75.9 Å². The van der Waals surface area contributed by atoms with E-state index in [0.717, 1.165) is 30.8 Å². The van der Waals surface area contributed by atoms with Gasteiger partial charge < -0.3 is 10.4 Å². The lowest BCUT2D eigenvalue weighted by Crippen LogP contribution is -2.36. The van der Waals surface area contributed by atoms with Crippen LogP contribution in [0.1, 0.15) is 31.9 Å². The molecule has 1 fully saturated rings. The summed E-state index contributed by atoms with van der Waals surface area (Å²) in [5.41, 5.74) is 0.878. The second-order valence-electron chi connectivity index (χ2n) is 6.08. The molecule has 1 aliphatic carbocycles. The van der Waals surface area contributed by atoms with Crippen molar-refractivity contribution in [3.8, 4) is 5.82 Å². The van der Waals surface area contributed by atoms with Crippen molar-refractivity contribution < 1.29 is 5.11 Å². The number of aliphatic hydroxyl groups excluding tert-OH is 1. The molecule has 0 aliphatic heterocycles. The SMILES string of the molecule is Cc1ccn(-c2ccc(N[C@H]3CCC[C@@]3(C)CO)nn2)n1. The minimum absolute atomic E-state index is 0.0700. The van der Waals surface area contributed by atoms with Gasteiger partial charge >= 0.3 is 0 Å². The Kier molecular flexibility index (Phi) is 3.63. The fourth-order valence-electron chi connectivity index (χ4n) is 2.91. The first kappa shape index (κ1) is 14.0. The van der Waals surface area contributed by atoms with Crippen molar-refractivity contribution in [2.75, 3.05) is 11.9 Å². The molecule has 3 rings (SSSR count). The third kappa shape index (κ3) is 2.76. The zero-order valence-corrected chi connectivity index (χ0v) is 12.5. The summed E-state index contributed by atoms with van der Waals surface area (Å²) < 4.78 is 1.71. The van der Waals surface area contributed by atoms with E-state index >= 15 is 0 Å². The third-order valence-electron chi connectivity index (χ3n) is 4.37. The molecule has 0 amide bonds. The van der Waals surface area contributed by atoms with Crippen LogP contribution in [0.5, 0.6) is 0 Å². The van der Waals surface area contributed by atoms with E-state index in [1.165, 1.54) is 0 Å². The van der Waals surface area contributed by atoms with Crippen LogP contribution in [0.2, 0.25) is 0 Å². The first-order valence-electron chi connectivity index (χ1n) is 7.34. The molecule has 2 atom stereocenters. The van der Waals surface area contributed by atoms with Gasteiger partial charge in [0.25, 0.3) is 0 Å². The van der Waals surface area contributed by atoms with E-state index in [4.69, 9.17) is 0 Å². The Bertz CT molecular complexity index is 609. The molecule has 0 bridgehead atoms. The molecule has 2 N–H and O–H groups in total. The van der Waals surface area contributed by atoms with Crippen molar-refractivity contribution in [2.45, 2.75) is 39.2 Å². The highest BCUT2D eigenvalue weighted by atomic mass is 16.3. The number of aryl methyl sites for hydroxylation is 1. The lowest BCUT2D eigenvalue weighted by molar-refractivity contribution is 0.139. The number of anilines is 1. The molecule has 6 nitrogen and oxygen atoms in total. The molecular weight excluding hydrogens is 266 g/mol. The fourth-order valence-corrected chi connectivity index (χ4v) is 2.91. The largest absolute Gasteiger partial charge is 0.396 e. The molecule has 2 aromatic heterocycles. The first-order chi connectivity index (χ1) is 10.1. The van der Waals surface area contributed by atoms with Gasteiger partial charge in [0.1, 0.15) is 5.82 Å². The number of aliphatic hydroxyl groups is 1. The van der Waals surface area contributed by atoms with Gasteiger partial charge in [-0.2, -0.15) is 5.10 Å². The summed E-state index contributed by atoms with van der Waals surface area (Å²) in [6, 6.07) is 5.98. The molecule has 112 valence electrons. The predicted molar refractivity (Wildman–Crippen MR) is 80.3 cm³/mol. The first-order valence-corrected chi connectivity index (χ1v) is 7.34. The molecule has 1 saturated carbocycles. The van der Waals surface area contributed by atoms with Crippen molar-refractivity contribution in [1.82, 2.24) is 20.0 Å². The summed E-state index contributed by atoms with van der Waals surface area (Å²) in [5.74, 6) is 1.44. The highest BCUT2D eigenvalue weighted by molar-refractivity contribution is 5.38. The van der Waals surface area contributed by atoms with Gasteiger partial charge in [0.2, 0.25) is 0 Å². The Morgan fingerprint density at radius 2 is 2.24 bits per heavy atom. The van der Waals surface area contributed by atoms with Crippen LogP contribution in [0.15, 0.2) is 24.4 Å². The van der Waals surface area contributed by atoms with Crippen molar-refractivity contribution in [2.24, 2.45) is 5.41 Å². The average Bonchev–Trinajstić information content (AvgIpc) is 3.08. The lowest BCUT2D eigenvalue weighted by atomic mass is 9.86. The highest BCUT2D eigenvalue weighted by Crippen LogP contribution is 2.38. The van der Waals surface area contributed by atoms with Crippen LogP contribution >= 0.6 is 0 Å². The molecule has 2 heterocycles. The van der Waals surface area contributed by atoms with Crippen molar-refractivity contribution in [3.63, 3.8) is 0 Å². The fraction of sp³-hybridized carbons (Fsp3) is 0.533. The van der Waals surface area contributed by atoms with Gasteiger partial charge in [-0.3, -0.25) is 0 Å². The minimum Gasteiger partial charge on any atom is -0.396 e. The van der Waals surface area contributed by atoms with E-state index in [1.807, 2.05) is 31.3 Å². The molecule has 6 heteroatoms. The molecular formula is C15H21N5O. The van der Waals surface area contributed by atoms with Crippen LogP contribution in [0.3, 0.4) is 0 Å². The van der Waals surface area contributed by atoms with Gasteiger partial charge in [0.15, 0.2) is 5.82 Å². The Labute approximate surface area is 124 Å². The maximum Gasteiger partial charge on any atom is 0.175 e. The van der Waals surface area contributed by atoms with Gasteiger partial charge in [-0.05, 0) is 38.0 Å². The highest BCUT2D eigenvalue weighted by Gasteiger charge is 2.38. The van der Waals surface area contributed by atoms with Crippen LogP contribution < -0.4 is 5.32 Å². The van der Waals surface area contributed by atoms with Crippen LogP contribution in [-0.2, 0) is 0 Å². The Morgan fingerprint density at radius 3 is 2.86 bits per heavy atom. The Balaban J connectivity index is 1.73. The zero-order valence-electron chi connectivity index (χ0n) is 12.5. The number of nitrogens with zero attached hydrogens (tertiary/aromatic N) is 4. The second kappa shape index (κ2) is 5.44.